The number of rotatable bonds is 1. The van der Waals surface area contributed by atoms with Crippen molar-refractivity contribution in [3.63, 3.8) is 0 Å². The summed E-state index contributed by atoms with van der Waals surface area (Å²) in [5, 5.41) is 0. The van der Waals surface area contributed by atoms with Gasteiger partial charge in [0.15, 0.2) is 0 Å². The van der Waals surface area contributed by atoms with E-state index in [9.17, 15) is 13.2 Å². The molecule has 0 amide bonds. The summed E-state index contributed by atoms with van der Waals surface area (Å²) in [5.41, 5.74) is -0.394. The van der Waals surface area contributed by atoms with Gasteiger partial charge in [-0.25, -0.2) is 13.2 Å². The minimum atomic E-state index is -2.67. The second-order valence-electron chi connectivity index (χ2n) is 2.90. The van der Waals surface area contributed by atoms with Crippen molar-refractivity contribution in [2.45, 2.75) is 32.7 Å². The second-order valence-corrected chi connectivity index (χ2v) is 2.90. The lowest BCUT2D eigenvalue weighted by Crippen LogP contribution is -2.20. The first-order valence-electron chi connectivity index (χ1n) is 3.74. The molecule has 0 bridgehead atoms. The SMILES string of the molecule is CC1=C(F)CC(C)N=C1C(F)F. The molecule has 1 nitrogen and oxygen atoms in total. The molecule has 1 heterocycles. The van der Waals surface area contributed by atoms with Gasteiger partial charge in [-0.05, 0) is 13.8 Å². The second kappa shape index (κ2) is 3.29. The van der Waals surface area contributed by atoms with Crippen molar-refractivity contribution >= 4 is 5.71 Å². The van der Waals surface area contributed by atoms with E-state index in [1.54, 1.807) is 6.92 Å². The van der Waals surface area contributed by atoms with Crippen molar-refractivity contribution in [2.75, 3.05) is 0 Å². The molecular formula is C8H10F3N. The molecule has 1 unspecified atom stereocenters. The molecule has 0 aliphatic carbocycles. The van der Waals surface area contributed by atoms with Gasteiger partial charge in [-0.3, -0.25) is 4.99 Å². The topological polar surface area (TPSA) is 12.4 Å². The summed E-state index contributed by atoms with van der Waals surface area (Å²) in [5.74, 6) is -0.465. The molecule has 0 aromatic rings. The van der Waals surface area contributed by atoms with Gasteiger partial charge >= 0.3 is 0 Å². The van der Waals surface area contributed by atoms with Crippen LogP contribution in [0.2, 0.25) is 0 Å². The molecule has 0 fully saturated rings. The molecule has 12 heavy (non-hydrogen) atoms. The van der Waals surface area contributed by atoms with Gasteiger partial charge in [-0.1, -0.05) is 0 Å². The Bertz CT molecular complexity index is 243. The van der Waals surface area contributed by atoms with Crippen LogP contribution >= 0.6 is 0 Å². The van der Waals surface area contributed by atoms with Crippen LogP contribution < -0.4 is 0 Å². The molecule has 4 heteroatoms. The van der Waals surface area contributed by atoms with Crippen molar-refractivity contribution < 1.29 is 13.2 Å². The number of allylic oxidation sites excluding steroid dienone is 1. The number of halogens is 3. The van der Waals surface area contributed by atoms with E-state index >= 15 is 0 Å². The smallest absolute Gasteiger partial charge is 0.280 e. The largest absolute Gasteiger partial charge is 0.280 e. The Morgan fingerprint density at radius 3 is 2.58 bits per heavy atom. The van der Waals surface area contributed by atoms with E-state index in [0.717, 1.165) is 0 Å². The van der Waals surface area contributed by atoms with Gasteiger partial charge < -0.3 is 0 Å². The van der Waals surface area contributed by atoms with Crippen molar-refractivity contribution in [1.29, 1.82) is 0 Å². The van der Waals surface area contributed by atoms with Crippen molar-refractivity contribution in [2.24, 2.45) is 4.99 Å². The van der Waals surface area contributed by atoms with Crippen molar-refractivity contribution in [1.82, 2.24) is 0 Å². The van der Waals surface area contributed by atoms with Crippen LogP contribution in [0.5, 0.6) is 0 Å². The third-order valence-electron chi connectivity index (χ3n) is 1.83. The number of hydrogen-bond acceptors (Lipinski definition) is 1. The van der Waals surface area contributed by atoms with Crippen LogP contribution in [0.25, 0.3) is 0 Å². The van der Waals surface area contributed by atoms with Gasteiger partial charge in [0.25, 0.3) is 6.43 Å². The molecule has 0 aromatic heterocycles. The first kappa shape index (κ1) is 9.29. The van der Waals surface area contributed by atoms with E-state index in [1.807, 2.05) is 0 Å². The molecule has 1 rings (SSSR count). The van der Waals surface area contributed by atoms with Crippen molar-refractivity contribution in [3.05, 3.63) is 11.4 Å². The highest BCUT2D eigenvalue weighted by Gasteiger charge is 2.24. The highest BCUT2D eigenvalue weighted by molar-refractivity contribution is 6.03. The fraction of sp³-hybridized carbons (Fsp3) is 0.625. The van der Waals surface area contributed by atoms with Crippen LogP contribution in [0.4, 0.5) is 13.2 Å². The summed E-state index contributed by atoms with van der Waals surface area (Å²) < 4.78 is 37.3. The van der Waals surface area contributed by atoms with E-state index in [1.165, 1.54) is 6.92 Å². The van der Waals surface area contributed by atoms with Crippen LogP contribution in [0.3, 0.4) is 0 Å². The van der Waals surface area contributed by atoms with Crippen LogP contribution in [-0.2, 0) is 0 Å². The quantitative estimate of drug-likeness (QED) is 0.584. The molecule has 1 aliphatic rings. The Hall–Kier alpha value is -0.800. The lowest BCUT2D eigenvalue weighted by Gasteiger charge is -2.17. The number of dihydropyridines is 1. The van der Waals surface area contributed by atoms with Gasteiger partial charge in [-0.15, -0.1) is 0 Å². The fourth-order valence-corrected chi connectivity index (χ4v) is 1.15. The lowest BCUT2D eigenvalue weighted by molar-refractivity contribution is 0.224. The number of alkyl halides is 2. The van der Waals surface area contributed by atoms with Crippen LogP contribution in [0.1, 0.15) is 20.3 Å². The van der Waals surface area contributed by atoms with Crippen LogP contribution in [0, 0.1) is 0 Å². The van der Waals surface area contributed by atoms with Gasteiger partial charge in [0, 0.05) is 12.0 Å². The zero-order valence-electron chi connectivity index (χ0n) is 6.94. The average molecular weight is 177 g/mol. The van der Waals surface area contributed by atoms with Gasteiger partial charge in [0.2, 0.25) is 0 Å². The van der Waals surface area contributed by atoms with E-state index in [-0.39, 0.29) is 18.0 Å². The maximum absolute atomic E-state index is 12.9. The molecular weight excluding hydrogens is 167 g/mol. The third kappa shape index (κ3) is 1.68. The molecule has 0 aromatic carbocycles. The average Bonchev–Trinajstić information content (AvgIpc) is 1.96. The Balaban J connectivity index is 2.96. The molecule has 0 saturated carbocycles. The van der Waals surface area contributed by atoms with Crippen molar-refractivity contribution in [3.8, 4) is 0 Å². The minimum absolute atomic E-state index is 0.00287. The minimum Gasteiger partial charge on any atom is -0.280 e. The van der Waals surface area contributed by atoms with E-state index in [4.69, 9.17) is 0 Å². The molecule has 0 spiro atoms. The van der Waals surface area contributed by atoms with Gasteiger partial charge in [-0.2, -0.15) is 0 Å². The maximum atomic E-state index is 12.9. The summed E-state index contributed by atoms with van der Waals surface area (Å²) in [4.78, 5) is 3.68. The fourth-order valence-electron chi connectivity index (χ4n) is 1.15. The highest BCUT2D eigenvalue weighted by Crippen LogP contribution is 2.24. The Kier molecular flexibility index (Phi) is 2.55. The zero-order chi connectivity index (χ0) is 9.30. The summed E-state index contributed by atoms with van der Waals surface area (Å²) in [6, 6.07) is -0.363. The Morgan fingerprint density at radius 1 is 1.50 bits per heavy atom. The summed E-state index contributed by atoms with van der Waals surface area (Å²) in [6.07, 6.45) is -2.53. The summed E-state index contributed by atoms with van der Waals surface area (Å²) >= 11 is 0. The first-order chi connectivity index (χ1) is 5.52. The summed E-state index contributed by atoms with van der Waals surface area (Å²) in [6.45, 7) is 2.96. The molecule has 1 aliphatic heterocycles. The van der Waals surface area contributed by atoms with Crippen LogP contribution in [-0.4, -0.2) is 18.2 Å². The van der Waals surface area contributed by atoms with Gasteiger partial charge in [0.05, 0.1) is 6.04 Å². The lowest BCUT2D eigenvalue weighted by atomic mass is 10.0. The predicted octanol–water partition coefficient (Wildman–Crippen LogP) is 2.73. The predicted molar refractivity (Wildman–Crippen MR) is 41.3 cm³/mol. The highest BCUT2D eigenvalue weighted by atomic mass is 19.3. The number of hydrogen-bond donors (Lipinski definition) is 0. The standard InChI is InChI=1S/C8H10F3N/c1-4-3-6(9)5(2)7(12-4)8(10)11/h4,8H,3H2,1-2H3. The Morgan fingerprint density at radius 2 is 2.08 bits per heavy atom. The molecule has 0 saturated heterocycles. The van der Waals surface area contributed by atoms with E-state index in [0.29, 0.717) is 0 Å². The summed E-state index contributed by atoms with van der Waals surface area (Å²) in [7, 11) is 0. The number of aliphatic imine (C=N–C) groups is 1. The first-order valence-corrected chi connectivity index (χ1v) is 3.74. The monoisotopic (exact) mass is 177 g/mol. The van der Waals surface area contributed by atoms with Gasteiger partial charge in [0.1, 0.15) is 11.5 Å². The normalized spacial score (nSPS) is 24.8. The van der Waals surface area contributed by atoms with Crippen LogP contribution in [0.15, 0.2) is 16.4 Å². The van der Waals surface area contributed by atoms with E-state index in [2.05, 4.69) is 4.99 Å². The third-order valence-corrected chi connectivity index (χ3v) is 1.83. The molecule has 0 radical (unpaired) electrons. The molecule has 1 atom stereocenters. The maximum Gasteiger partial charge on any atom is 0.280 e. The van der Waals surface area contributed by atoms with E-state index < -0.39 is 18.0 Å². The Labute approximate surface area is 69.0 Å². The zero-order valence-corrected chi connectivity index (χ0v) is 6.94. The molecule has 68 valence electrons. The molecule has 0 N–H and O–H groups in total. The number of nitrogens with zero attached hydrogens (tertiary/aromatic N) is 1.